The smallest absolute Gasteiger partial charge is 0.204 e. The van der Waals surface area contributed by atoms with Crippen molar-refractivity contribution in [3.05, 3.63) is 22.5 Å². The maximum Gasteiger partial charge on any atom is 0.204 e. The molecule has 1 saturated heterocycles. The first kappa shape index (κ1) is 19.6. The second-order valence-electron chi connectivity index (χ2n) is 7.64. The highest BCUT2D eigenvalue weighted by atomic mass is 79.9. The summed E-state index contributed by atoms with van der Waals surface area (Å²) in [5, 5.41) is 13.4. The summed E-state index contributed by atoms with van der Waals surface area (Å²) in [4.78, 5) is 6.85. The number of fused-ring (bicyclic) bond motifs is 1. The lowest BCUT2D eigenvalue weighted by Gasteiger charge is -2.42. The third-order valence-corrected chi connectivity index (χ3v) is 6.80. The van der Waals surface area contributed by atoms with Gasteiger partial charge in [0.1, 0.15) is 24.2 Å². The molecule has 2 aliphatic rings. The molecule has 2 aromatic heterocycles. The van der Waals surface area contributed by atoms with Gasteiger partial charge in [-0.1, -0.05) is 0 Å². The van der Waals surface area contributed by atoms with Crippen LogP contribution in [0.4, 0.5) is 10.2 Å². The summed E-state index contributed by atoms with van der Waals surface area (Å²) in [6, 6.07) is 4.58. The van der Waals surface area contributed by atoms with Gasteiger partial charge in [0.2, 0.25) is 5.76 Å². The number of aromatic nitrogens is 1. The first-order valence-corrected chi connectivity index (χ1v) is 10.5. The van der Waals surface area contributed by atoms with Crippen LogP contribution in [0, 0.1) is 11.3 Å². The lowest BCUT2D eigenvalue weighted by molar-refractivity contribution is -0.0416. The van der Waals surface area contributed by atoms with Gasteiger partial charge in [0, 0.05) is 43.7 Å². The zero-order valence-electron chi connectivity index (χ0n) is 15.8. The van der Waals surface area contributed by atoms with Gasteiger partial charge in [-0.3, -0.25) is 4.90 Å². The van der Waals surface area contributed by atoms with Crippen molar-refractivity contribution in [2.24, 2.45) is 0 Å². The van der Waals surface area contributed by atoms with Gasteiger partial charge in [0.05, 0.1) is 10.7 Å². The Labute approximate surface area is 172 Å². The van der Waals surface area contributed by atoms with E-state index in [9.17, 15) is 4.39 Å². The predicted molar refractivity (Wildman–Crippen MR) is 108 cm³/mol. The van der Waals surface area contributed by atoms with Crippen LogP contribution in [-0.2, 0) is 4.74 Å². The van der Waals surface area contributed by atoms with E-state index in [2.05, 4.69) is 31.1 Å². The van der Waals surface area contributed by atoms with Crippen molar-refractivity contribution in [2.45, 2.75) is 56.5 Å². The van der Waals surface area contributed by atoms with Crippen molar-refractivity contribution in [1.29, 1.82) is 5.26 Å². The second kappa shape index (κ2) is 8.36. The number of halogens is 2. The topological polar surface area (TPSA) is 74.3 Å². The van der Waals surface area contributed by atoms with Crippen molar-refractivity contribution in [3.63, 3.8) is 0 Å². The largest absolute Gasteiger partial charge is 0.444 e. The summed E-state index contributed by atoms with van der Waals surface area (Å²) in [6.45, 7) is 1.50. The van der Waals surface area contributed by atoms with Gasteiger partial charge in [-0.2, -0.15) is 5.26 Å². The van der Waals surface area contributed by atoms with Crippen LogP contribution in [0.2, 0.25) is 0 Å². The number of nitriles is 1. The van der Waals surface area contributed by atoms with Gasteiger partial charge in [-0.05, 0) is 48.0 Å². The predicted octanol–water partition coefficient (Wildman–Crippen LogP) is 4.24. The summed E-state index contributed by atoms with van der Waals surface area (Å²) in [5.74, 6) is 1.06. The van der Waals surface area contributed by atoms with E-state index in [0.717, 1.165) is 47.9 Å². The summed E-state index contributed by atoms with van der Waals surface area (Å²) >= 11 is 3.59. The van der Waals surface area contributed by atoms with Gasteiger partial charge >= 0.3 is 0 Å². The Morgan fingerprint density at radius 1 is 1.36 bits per heavy atom. The molecule has 0 aromatic carbocycles. The normalized spacial score (nSPS) is 28.9. The highest BCUT2D eigenvalue weighted by Crippen LogP contribution is 2.34. The van der Waals surface area contributed by atoms with Crippen molar-refractivity contribution in [2.75, 3.05) is 25.5 Å². The summed E-state index contributed by atoms with van der Waals surface area (Å²) in [7, 11) is 1.60. The van der Waals surface area contributed by atoms with Gasteiger partial charge in [-0.25, -0.2) is 9.37 Å². The molecule has 8 heteroatoms. The van der Waals surface area contributed by atoms with Crippen LogP contribution >= 0.6 is 15.9 Å². The average molecular weight is 451 g/mol. The van der Waals surface area contributed by atoms with Crippen LogP contribution in [-0.4, -0.2) is 54.4 Å². The number of hydrogen-bond acceptors (Lipinski definition) is 6. The minimum Gasteiger partial charge on any atom is -0.444 e. The molecule has 2 fully saturated rings. The minimum absolute atomic E-state index is 0.279. The SMILES string of the molecule is COC1CN(C2CCC(Nc3ncc4oc(C#N)cc4c3Br)CC2)CC[C@@H]1F. The highest BCUT2D eigenvalue weighted by molar-refractivity contribution is 9.10. The fraction of sp³-hybridized carbons (Fsp3) is 0.600. The van der Waals surface area contributed by atoms with Crippen LogP contribution in [0.5, 0.6) is 0 Å². The molecule has 3 heterocycles. The van der Waals surface area contributed by atoms with Crippen molar-refractivity contribution in [3.8, 4) is 6.07 Å². The Bertz CT molecular complexity index is 875. The number of rotatable bonds is 4. The Kier molecular flexibility index (Phi) is 5.85. The molecular weight excluding hydrogens is 427 g/mol. The number of piperidine rings is 1. The van der Waals surface area contributed by atoms with Gasteiger partial charge in [0.25, 0.3) is 0 Å². The fourth-order valence-corrected chi connectivity index (χ4v) is 4.91. The summed E-state index contributed by atoms with van der Waals surface area (Å²) in [5.41, 5.74) is 0.599. The Morgan fingerprint density at radius 3 is 2.86 bits per heavy atom. The Morgan fingerprint density at radius 2 is 2.14 bits per heavy atom. The van der Waals surface area contributed by atoms with E-state index in [1.165, 1.54) is 0 Å². The standard InChI is InChI=1S/C20H24BrFN4O2/c1-27-18-11-26(7-6-16(18)22)13-4-2-12(3-5-13)25-20-19(21)15-8-14(9-23)28-17(15)10-24-20/h8,10,12-13,16,18H,2-7,11H2,1H3,(H,24,25)/t12?,13?,16-,18?/m0/s1. The van der Waals surface area contributed by atoms with Crippen LogP contribution in [0.25, 0.3) is 11.0 Å². The summed E-state index contributed by atoms with van der Waals surface area (Å²) in [6.07, 6.45) is 5.30. The number of pyridine rings is 1. The van der Waals surface area contributed by atoms with E-state index < -0.39 is 6.17 Å². The molecule has 1 N–H and O–H groups in total. The molecule has 28 heavy (non-hydrogen) atoms. The molecular formula is C20H24BrFN4O2. The average Bonchev–Trinajstić information content (AvgIpc) is 3.15. The van der Waals surface area contributed by atoms with E-state index in [0.29, 0.717) is 30.6 Å². The van der Waals surface area contributed by atoms with Crippen LogP contribution < -0.4 is 5.32 Å². The van der Waals surface area contributed by atoms with Gasteiger partial charge in [0.15, 0.2) is 5.58 Å². The zero-order chi connectivity index (χ0) is 19.7. The van der Waals surface area contributed by atoms with E-state index in [4.69, 9.17) is 14.4 Å². The molecule has 1 unspecified atom stereocenters. The molecule has 6 nitrogen and oxygen atoms in total. The fourth-order valence-electron chi connectivity index (χ4n) is 4.38. The minimum atomic E-state index is -0.845. The number of nitrogens with one attached hydrogen (secondary N) is 1. The molecule has 0 amide bonds. The molecule has 150 valence electrons. The first-order chi connectivity index (χ1) is 13.6. The zero-order valence-corrected chi connectivity index (χ0v) is 17.4. The Balaban J connectivity index is 1.36. The second-order valence-corrected chi connectivity index (χ2v) is 8.44. The number of methoxy groups -OCH3 is 1. The molecule has 1 saturated carbocycles. The molecule has 1 aliphatic carbocycles. The number of nitrogens with zero attached hydrogens (tertiary/aromatic N) is 3. The lowest BCUT2D eigenvalue weighted by Crippen LogP contribution is -2.51. The van der Waals surface area contributed by atoms with E-state index in [1.807, 2.05) is 6.07 Å². The molecule has 0 spiro atoms. The third-order valence-electron chi connectivity index (χ3n) is 5.99. The van der Waals surface area contributed by atoms with E-state index in [-0.39, 0.29) is 11.9 Å². The third kappa shape index (κ3) is 3.88. The van der Waals surface area contributed by atoms with Gasteiger partial charge < -0.3 is 14.5 Å². The lowest BCUT2D eigenvalue weighted by atomic mass is 9.88. The molecule has 0 radical (unpaired) electrons. The highest BCUT2D eigenvalue weighted by Gasteiger charge is 2.34. The number of hydrogen-bond donors (Lipinski definition) is 1. The maximum atomic E-state index is 13.9. The van der Waals surface area contributed by atoms with E-state index in [1.54, 1.807) is 19.4 Å². The van der Waals surface area contributed by atoms with Crippen LogP contribution in [0.15, 0.2) is 21.2 Å². The van der Waals surface area contributed by atoms with Gasteiger partial charge in [-0.15, -0.1) is 0 Å². The van der Waals surface area contributed by atoms with Crippen molar-refractivity contribution >= 4 is 32.7 Å². The quantitative estimate of drug-likeness (QED) is 0.750. The first-order valence-electron chi connectivity index (χ1n) is 9.74. The molecule has 2 atom stereocenters. The number of alkyl halides is 1. The molecule has 0 bridgehead atoms. The number of furan rings is 1. The maximum absolute atomic E-state index is 13.9. The number of ether oxygens (including phenoxy) is 1. The van der Waals surface area contributed by atoms with Crippen LogP contribution in [0.3, 0.4) is 0 Å². The molecule has 2 aromatic rings. The van der Waals surface area contributed by atoms with Crippen LogP contribution in [0.1, 0.15) is 37.9 Å². The Hall–Kier alpha value is -1.69. The van der Waals surface area contributed by atoms with E-state index >= 15 is 0 Å². The molecule has 4 rings (SSSR count). The van der Waals surface area contributed by atoms with Crippen molar-refractivity contribution < 1.29 is 13.5 Å². The monoisotopic (exact) mass is 450 g/mol. The molecule has 1 aliphatic heterocycles. The summed E-state index contributed by atoms with van der Waals surface area (Å²) < 4.78 is 25.4. The number of likely N-dealkylation sites (tertiary alicyclic amines) is 1. The number of anilines is 1. The van der Waals surface area contributed by atoms with Crippen molar-refractivity contribution in [1.82, 2.24) is 9.88 Å².